The van der Waals surface area contributed by atoms with Crippen molar-refractivity contribution in [3.05, 3.63) is 29.5 Å². The van der Waals surface area contributed by atoms with Gasteiger partial charge in [-0.1, -0.05) is 41.5 Å². The topological polar surface area (TPSA) is 67.6 Å². The van der Waals surface area contributed by atoms with Crippen LogP contribution in [0.25, 0.3) is 0 Å². The van der Waals surface area contributed by atoms with Gasteiger partial charge in [-0.25, -0.2) is 4.98 Å². The highest BCUT2D eigenvalue weighted by molar-refractivity contribution is 5.08. The van der Waals surface area contributed by atoms with Gasteiger partial charge in [-0.05, 0) is 18.8 Å². The van der Waals surface area contributed by atoms with Gasteiger partial charge in [0, 0.05) is 29.6 Å². The molecule has 0 saturated heterocycles. The van der Waals surface area contributed by atoms with Crippen molar-refractivity contribution in [1.82, 2.24) is 20.2 Å². The van der Waals surface area contributed by atoms with Crippen LogP contribution in [-0.4, -0.2) is 20.2 Å². The Morgan fingerprint density at radius 1 is 0.909 bits per heavy atom. The molecule has 2 rings (SSSR count). The Hall–Kier alpha value is -1.65. The van der Waals surface area contributed by atoms with Crippen molar-refractivity contribution in [3.63, 3.8) is 0 Å². The number of aromatic amines is 1. The normalized spacial score (nSPS) is 14.7. The standard InChI is InChI=1S/C17H28N4O/c1-10(2)15-18-9-14(19-15)12(5)7-8-13(6)17-21-20-16(22-17)11(3)4/h9-13H,7-8H2,1-6H3,(H,18,19). The molecule has 2 heterocycles. The minimum Gasteiger partial charge on any atom is -0.425 e. The van der Waals surface area contributed by atoms with Crippen molar-refractivity contribution in [2.45, 2.75) is 78.1 Å². The molecule has 0 saturated carbocycles. The molecule has 0 aliphatic rings. The van der Waals surface area contributed by atoms with Gasteiger partial charge in [-0.3, -0.25) is 0 Å². The summed E-state index contributed by atoms with van der Waals surface area (Å²) in [5.41, 5.74) is 1.21. The van der Waals surface area contributed by atoms with Crippen molar-refractivity contribution >= 4 is 0 Å². The Labute approximate surface area is 132 Å². The van der Waals surface area contributed by atoms with E-state index >= 15 is 0 Å². The zero-order valence-corrected chi connectivity index (χ0v) is 14.6. The summed E-state index contributed by atoms with van der Waals surface area (Å²) in [6.45, 7) is 12.8. The van der Waals surface area contributed by atoms with Crippen molar-refractivity contribution in [2.75, 3.05) is 0 Å². The zero-order valence-electron chi connectivity index (χ0n) is 14.6. The first kappa shape index (κ1) is 16.7. The summed E-state index contributed by atoms with van der Waals surface area (Å²) in [4.78, 5) is 7.88. The molecule has 2 aromatic rings. The summed E-state index contributed by atoms with van der Waals surface area (Å²) in [6.07, 6.45) is 4.06. The monoisotopic (exact) mass is 304 g/mol. The van der Waals surface area contributed by atoms with Gasteiger partial charge in [0.1, 0.15) is 5.82 Å². The number of hydrogen-bond donors (Lipinski definition) is 1. The smallest absolute Gasteiger partial charge is 0.219 e. The van der Waals surface area contributed by atoms with Crippen LogP contribution < -0.4 is 0 Å². The first-order chi connectivity index (χ1) is 10.4. The fraction of sp³-hybridized carbons (Fsp3) is 0.706. The summed E-state index contributed by atoms with van der Waals surface area (Å²) in [5.74, 6) is 4.01. The second-order valence-corrected chi connectivity index (χ2v) is 6.89. The number of nitrogens with one attached hydrogen (secondary N) is 1. The van der Waals surface area contributed by atoms with Gasteiger partial charge in [-0.15, -0.1) is 10.2 Å². The van der Waals surface area contributed by atoms with E-state index in [9.17, 15) is 0 Å². The Morgan fingerprint density at radius 2 is 1.55 bits per heavy atom. The van der Waals surface area contributed by atoms with E-state index in [1.807, 2.05) is 6.20 Å². The molecule has 1 N–H and O–H groups in total. The van der Waals surface area contributed by atoms with Crippen molar-refractivity contribution in [1.29, 1.82) is 0 Å². The predicted molar refractivity (Wildman–Crippen MR) is 87.1 cm³/mol. The lowest BCUT2D eigenvalue weighted by molar-refractivity contribution is 0.394. The highest BCUT2D eigenvalue weighted by atomic mass is 16.4. The third kappa shape index (κ3) is 3.96. The number of rotatable bonds is 7. The molecule has 0 amide bonds. The van der Waals surface area contributed by atoms with Crippen LogP contribution in [0, 0.1) is 0 Å². The molecular weight excluding hydrogens is 276 g/mol. The van der Waals surface area contributed by atoms with E-state index in [4.69, 9.17) is 4.42 Å². The van der Waals surface area contributed by atoms with Gasteiger partial charge < -0.3 is 9.40 Å². The SMILES string of the molecule is CC(C)c1ncc(C(C)CCC(C)c2nnc(C(C)C)o2)[nH]1. The second-order valence-electron chi connectivity index (χ2n) is 6.89. The number of hydrogen-bond acceptors (Lipinski definition) is 4. The van der Waals surface area contributed by atoms with Gasteiger partial charge in [0.25, 0.3) is 0 Å². The van der Waals surface area contributed by atoms with Crippen LogP contribution in [0.2, 0.25) is 0 Å². The van der Waals surface area contributed by atoms with Crippen LogP contribution in [0.4, 0.5) is 0 Å². The molecule has 0 fully saturated rings. The van der Waals surface area contributed by atoms with Crippen LogP contribution in [-0.2, 0) is 0 Å². The van der Waals surface area contributed by atoms with E-state index in [-0.39, 0.29) is 11.8 Å². The molecule has 0 bridgehead atoms. The van der Waals surface area contributed by atoms with Gasteiger partial charge in [0.05, 0.1) is 0 Å². The Kier molecular flexibility index (Phi) is 5.37. The van der Waals surface area contributed by atoms with Crippen LogP contribution >= 0.6 is 0 Å². The Balaban J connectivity index is 1.90. The first-order valence-electron chi connectivity index (χ1n) is 8.26. The van der Waals surface area contributed by atoms with Crippen LogP contribution in [0.5, 0.6) is 0 Å². The Morgan fingerprint density at radius 3 is 2.09 bits per heavy atom. The number of H-pyrrole nitrogens is 1. The lowest BCUT2D eigenvalue weighted by Gasteiger charge is -2.12. The van der Waals surface area contributed by atoms with E-state index < -0.39 is 0 Å². The lowest BCUT2D eigenvalue weighted by atomic mass is 9.96. The number of imidazole rings is 1. The summed E-state index contributed by atoms with van der Waals surface area (Å²) < 4.78 is 5.74. The van der Waals surface area contributed by atoms with E-state index in [0.29, 0.717) is 11.8 Å². The second kappa shape index (κ2) is 7.07. The largest absolute Gasteiger partial charge is 0.425 e. The van der Waals surface area contributed by atoms with Gasteiger partial charge >= 0.3 is 0 Å². The maximum Gasteiger partial charge on any atom is 0.219 e. The molecule has 5 nitrogen and oxygen atoms in total. The van der Waals surface area contributed by atoms with Gasteiger partial charge in [-0.2, -0.15) is 0 Å². The molecule has 5 heteroatoms. The van der Waals surface area contributed by atoms with Crippen molar-refractivity contribution < 1.29 is 4.42 Å². The molecule has 2 aromatic heterocycles. The van der Waals surface area contributed by atoms with Gasteiger partial charge in [0.15, 0.2) is 0 Å². The maximum atomic E-state index is 5.74. The summed E-state index contributed by atoms with van der Waals surface area (Å²) >= 11 is 0. The predicted octanol–water partition coefficient (Wildman–Crippen LogP) is 4.73. The molecule has 122 valence electrons. The lowest BCUT2D eigenvalue weighted by Crippen LogP contribution is -2.00. The molecule has 22 heavy (non-hydrogen) atoms. The quantitative estimate of drug-likeness (QED) is 0.803. The average Bonchev–Trinajstić information content (AvgIpc) is 3.12. The van der Waals surface area contributed by atoms with Gasteiger partial charge in [0.2, 0.25) is 11.8 Å². The van der Waals surface area contributed by atoms with Crippen molar-refractivity contribution in [2.24, 2.45) is 0 Å². The molecule has 0 aromatic carbocycles. The molecule has 0 aliphatic heterocycles. The van der Waals surface area contributed by atoms with E-state index in [1.54, 1.807) is 0 Å². The van der Waals surface area contributed by atoms with Crippen LogP contribution in [0.15, 0.2) is 10.6 Å². The third-order valence-electron chi connectivity index (χ3n) is 4.10. The molecule has 0 radical (unpaired) electrons. The molecule has 2 unspecified atom stereocenters. The fourth-order valence-corrected chi connectivity index (χ4v) is 2.35. The summed E-state index contributed by atoms with van der Waals surface area (Å²) in [7, 11) is 0. The Bertz CT molecular complexity index is 533. The summed E-state index contributed by atoms with van der Waals surface area (Å²) in [5, 5.41) is 8.29. The maximum absolute atomic E-state index is 5.74. The van der Waals surface area contributed by atoms with E-state index in [1.165, 1.54) is 5.69 Å². The molecular formula is C17H28N4O. The molecule has 2 atom stereocenters. The number of nitrogens with zero attached hydrogens (tertiary/aromatic N) is 3. The number of aromatic nitrogens is 4. The third-order valence-corrected chi connectivity index (χ3v) is 4.10. The van der Waals surface area contributed by atoms with Crippen LogP contribution in [0.1, 0.15) is 101 Å². The first-order valence-corrected chi connectivity index (χ1v) is 8.26. The summed E-state index contributed by atoms with van der Waals surface area (Å²) in [6, 6.07) is 0. The van der Waals surface area contributed by atoms with E-state index in [2.05, 4.69) is 61.7 Å². The molecule has 0 spiro atoms. The average molecular weight is 304 g/mol. The molecule has 0 aliphatic carbocycles. The highest BCUT2D eigenvalue weighted by Crippen LogP contribution is 2.27. The highest BCUT2D eigenvalue weighted by Gasteiger charge is 2.18. The minimum atomic E-state index is 0.284. The minimum absolute atomic E-state index is 0.284. The van der Waals surface area contributed by atoms with Crippen molar-refractivity contribution in [3.8, 4) is 0 Å². The zero-order chi connectivity index (χ0) is 16.3. The van der Waals surface area contributed by atoms with Crippen LogP contribution in [0.3, 0.4) is 0 Å². The van der Waals surface area contributed by atoms with E-state index in [0.717, 1.165) is 30.4 Å². The fourth-order valence-electron chi connectivity index (χ4n) is 2.35.